The molecule has 1 saturated carbocycles. The first-order valence-corrected chi connectivity index (χ1v) is 7.67. The summed E-state index contributed by atoms with van der Waals surface area (Å²) in [6, 6.07) is 2.98. The van der Waals surface area contributed by atoms with Gasteiger partial charge in [0.1, 0.15) is 0 Å². The zero-order valence-electron chi connectivity index (χ0n) is 12.8. The van der Waals surface area contributed by atoms with E-state index in [0.29, 0.717) is 18.9 Å². The summed E-state index contributed by atoms with van der Waals surface area (Å²) in [4.78, 5) is 1.21. The molecule has 0 amide bonds. The van der Waals surface area contributed by atoms with Crippen LogP contribution in [-0.4, -0.2) is 30.0 Å². The number of rotatable bonds is 2. The van der Waals surface area contributed by atoms with Crippen molar-refractivity contribution in [1.82, 2.24) is 0 Å². The van der Waals surface area contributed by atoms with Gasteiger partial charge in [0.15, 0.2) is 6.10 Å². The van der Waals surface area contributed by atoms with Crippen LogP contribution in [0.25, 0.3) is 0 Å². The highest BCUT2D eigenvalue weighted by atomic mass is 19.4. The topological polar surface area (TPSA) is 47.3 Å². The normalized spacial score (nSPS) is 27.4. The average molecular weight is 364 g/mol. The van der Waals surface area contributed by atoms with E-state index in [9.17, 15) is 31.4 Å². The minimum absolute atomic E-state index is 0.0611. The summed E-state index contributed by atoms with van der Waals surface area (Å²) in [6.07, 6.45) is -11.1. The molecule has 3 nitrogen and oxygen atoms in total. The third kappa shape index (κ3) is 3.03. The molecule has 0 aromatic heterocycles. The lowest BCUT2D eigenvalue weighted by Gasteiger charge is -2.37. The Labute approximate surface area is 139 Å². The Morgan fingerprint density at radius 3 is 2.32 bits per heavy atom. The molecule has 1 aliphatic heterocycles. The molecule has 136 valence electrons. The minimum Gasteiger partial charge on any atom is -0.382 e. The first kappa shape index (κ1) is 17.9. The number of hydrogen-bond donors (Lipinski definition) is 1. The molecule has 2 aliphatic rings. The largest absolute Gasteiger partial charge is 0.417 e. The second kappa shape index (κ2) is 5.80. The predicted octanol–water partition coefficient (Wildman–Crippen LogP) is 3.72. The summed E-state index contributed by atoms with van der Waals surface area (Å²) in [5.74, 6) is -0.478. The van der Waals surface area contributed by atoms with E-state index in [2.05, 4.69) is 0 Å². The fourth-order valence-corrected chi connectivity index (χ4v) is 3.80. The quantitative estimate of drug-likeness (QED) is 0.814. The lowest BCUT2D eigenvalue weighted by atomic mass is 9.72. The maximum absolute atomic E-state index is 13.1. The number of aliphatic hydroxyl groups is 1. The van der Waals surface area contributed by atoms with Gasteiger partial charge in [-0.2, -0.15) is 31.6 Å². The van der Waals surface area contributed by atoms with Crippen LogP contribution in [0, 0.1) is 23.2 Å². The van der Waals surface area contributed by atoms with Crippen molar-refractivity contribution in [3.63, 3.8) is 0 Å². The molecule has 1 aromatic rings. The number of alkyl halides is 6. The third-order valence-electron chi connectivity index (χ3n) is 5.13. The van der Waals surface area contributed by atoms with Gasteiger partial charge < -0.3 is 10.0 Å². The predicted molar refractivity (Wildman–Crippen MR) is 75.6 cm³/mol. The van der Waals surface area contributed by atoms with Gasteiger partial charge in [-0.3, -0.25) is 0 Å². The van der Waals surface area contributed by atoms with Gasteiger partial charge in [-0.05, 0) is 42.9 Å². The maximum Gasteiger partial charge on any atom is 0.417 e. The van der Waals surface area contributed by atoms with E-state index in [4.69, 9.17) is 5.26 Å². The van der Waals surface area contributed by atoms with Gasteiger partial charge in [-0.1, -0.05) is 0 Å². The van der Waals surface area contributed by atoms with Gasteiger partial charge in [0.2, 0.25) is 0 Å². The van der Waals surface area contributed by atoms with E-state index in [1.54, 1.807) is 0 Å². The molecule has 1 heterocycles. The number of aliphatic hydroxyl groups excluding tert-OH is 1. The van der Waals surface area contributed by atoms with Crippen molar-refractivity contribution in [2.45, 2.75) is 37.3 Å². The van der Waals surface area contributed by atoms with Gasteiger partial charge in [-0.25, -0.2) is 0 Å². The second-order valence-corrected chi connectivity index (χ2v) is 6.47. The molecule has 0 spiro atoms. The van der Waals surface area contributed by atoms with Gasteiger partial charge >= 0.3 is 12.4 Å². The molecule has 25 heavy (non-hydrogen) atoms. The molecule has 0 radical (unpaired) electrons. The van der Waals surface area contributed by atoms with Crippen LogP contribution in [0.5, 0.6) is 0 Å². The van der Waals surface area contributed by atoms with Crippen molar-refractivity contribution < 1.29 is 31.4 Å². The van der Waals surface area contributed by atoms with Crippen molar-refractivity contribution in [2.24, 2.45) is 11.8 Å². The second-order valence-electron chi connectivity index (χ2n) is 6.47. The van der Waals surface area contributed by atoms with E-state index < -0.39 is 41.5 Å². The fraction of sp³-hybridized carbons (Fsp3) is 0.562. The lowest BCUT2D eigenvalue weighted by Crippen LogP contribution is -2.51. The Balaban J connectivity index is 2.01. The molecule has 4 atom stereocenters. The molecule has 1 aromatic carbocycles. The Bertz CT molecular complexity index is 708. The van der Waals surface area contributed by atoms with Crippen LogP contribution in [0.4, 0.5) is 32.0 Å². The van der Waals surface area contributed by atoms with Gasteiger partial charge in [0.05, 0.1) is 23.2 Å². The summed E-state index contributed by atoms with van der Waals surface area (Å²) in [7, 11) is 0. The molecule has 2 fully saturated rings. The highest BCUT2D eigenvalue weighted by Crippen LogP contribution is 2.50. The monoisotopic (exact) mass is 364 g/mol. The first-order chi connectivity index (χ1) is 11.5. The highest BCUT2D eigenvalue weighted by molar-refractivity contribution is 5.57. The number of nitriles is 1. The standard InChI is InChI=1S/C16H14F6N2O/c17-15(18,19)12-5-10(3-1-8(12)6-23)24-7-9-2-4-11(9)13(24)14(25)16(20,21)22/h1,3,5,9,11,13-14,25H,2,4,7H2/t9?,11?,13-,14-/m1/s1. The number of anilines is 1. The van der Waals surface area contributed by atoms with Crippen LogP contribution in [0.2, 0.25) is 0 Å². The van der Waals surface area contributed by atoms with Crippen LogP contribution < -0.4 is 4.90 Å². The van der Waals surface area contributed by atoms with E-state index >= 15 is 0 Å². The van der Waals surface area contributed by atoms with Crippen LogP contribution in [-0.2, 0) is 6.18 Å². The highest BCUT2D eigenvalue weighted by Gasteiger charge is 2.56. The smallest absolute Gasteiger partial charge is 0.382 e. The fourth-order valence-electron chi connectivity index (χ4n) is 3.80. The zero-order chi connectivity index (χ0) is 18.6. The first-order valence-electron chi connectivity index (χ1n) is 7.67. The van der Waals surface area contributed by atoms with E-state index in [1.165, 1.54) is 17.0 Å². The molecule has 2 unspecified atom stereocenters. The van der Waals surface area contributed by atoms with Gasteiger partial charge in [0, 0.05) is 12.2 Å². The van der Waals surface area contributed by atoms with Crippen molar-refractivity contribution in [2.75, 3.05) is 11.4 Å². The molecule has 3 rings (SSSR count). The number of hydrogen-bond acceptors (Lipinski definition) is 3. The summed E-state index contributed by atoms with van der Waals surface area (Å²) in [6.45, 7) is 0.158. The summed E-state index contributed by atoms with van der Waals surface area (Å²) in [5, 5.41) is 18.6. The Morgan fingerprint density at radius 1 is 1.16 bits per heavy atom. The van der Waals surface area contributed by atoms with E-state index in [-0.39, 0.29) is 18.2 Å². The summed E-state index contributed by atoms with van der Waals surface area (Å²) >= 11 is 0. The molecule has 1 saturated heterocycles. The number of halogens is 6. The summed E-state index contributed by atoms with van der Waals surface area (Å²) in [5.41, 5.74) is -1.84. The van der Waals surface area contributed by atoms with Crippen LogP contribution in [0.1, 0.15) is 24.0 Å². The molecule has 1 aliphatic carbocycles. The molecule has 0 bridgehead atoms. The van der Waals surface area contributed by atoms with Gasteiger partial charge in [0.25, 0.3) is 0 Å². The Kier molecular flexibility index (Phi) is 4.14. The lowest BCUT2D eigenvalue weighted by molar-refractivity contribution is -0.214. The van der Waals surface area contributed by atoms with E-state index in [1.807, 2.05) is 0 Å². The van der Waals surface area contributed by atoms with Crippen molar-refractivity contribution in [3.05, 3.63) is 29.3 Å². The van der Waals surface area contributed by atoms with E-state index in [0.717, 1.165) is 6.07 Å². The molecular weight excluding hydrogens is 350 g/mol. The average Bonchev–Trinajstić information content (AvgIpc) is 2.75. The Hall–Kier alpha value is -1.95. The third-order valence-corrected chi connectivity index (χ3v) is 5.13. The molecular formula is C16H14F6N2O. The van der Waals surface area contributed by atoms with Crippen molar-refractivity contribution in [3.8, 4) is 6.07 Å². The maximum atomic E-state index is 13.1. The number of fused-ring (bicyclic) bond motifs is 1. The number of nitrogens with zero attached hydrogens (tertiary/aromatic N) is 2. The molecule has 1 N–H and O–H groups in total. The van der Waals surface area contributed by atoms with Crippen LogP contribution in [0.15, 0.2) is 18.2 Å². The minimum atomic E-state index is -4.85. The van der Waals surface area contributed by atoms with Crippen LogP contribution in [0.3, 0.4) is 0 Å². The molecule has 9 heteroatoms. The van der Waals surface area contributed by atoms with Gasteiger partial charge in [-0.15, -0.1) is 0 Å². The van der Waals surface area contributed by atoms with Crippen molar-refractivity contribution in [1.29, 1.82) is 5.26 Å². The van der Waals surface area contributed by atoms with Crippen LogP contribution >= 0.6 is 0 Å². The van der Waals surface area contributed by atoms with Crippen molar-refractivity contribution >= 4 is 5.69 Å². The summed E-state index contributed by atoms with van der Waals surface area (Å²) < 4.78 is 78.3. The Morgan fingerprint density at radius 2 is 1.84 bits per heavy atom. The zero-order valence-corrected chi connectivity index (χ0v) is 12.8. The number of benzene rings is 1. The SMILES string of the molecule is N#Cc1ccc(N2CC3CCC3[C@@H]2[C@@H](O)C(F)(F)F)cc1C(F)(F)F.